The summed E-state index contributed by atoms with van der Waals surface area (Å²) < 4.78 is 0. The normalized spacial score (nSPS) is 22.6. The van der Waals surface area contributed by atoms with E-state index in [0.29, 0.717) is 36.5 Å². The zero-order valence-corrected chi connectivity index (χ0v) is 11.8. The quantitative estimate of drug-likeness (QED) is 0.847. The standard InChI is InChI=1S/C15H21N3O2/c1-10-2-5-14(19)13(17-10)8-16-7-11-6-15(20)18(9-11)12-3-4-12/h2,5,11-12,16,19H,3-4,6-9H2,1H3. The molecule has 3 rings (SSSR count). The Balaban J connectivity index is 1.48. The third-order valence-corrected chi connectivity index (χ3v) is 4.04. The maximum Gasteiger partial charge on any atom is 0.223 e. The van der Waals surface area contributed by atoms with Gasteiger partial charge in [-0.05, 0) is 37.8 Å². The second-order valence-corrected chi connectivity index (χ2v) is 5.90. The van der Waals surface area contributed by atoms with Gasteiger partial charge < -0.3 is 15.3 Å². The molecule has 1 aromatic rings. The minimum Gasteiger partial charge on any atom is -0.506 e. The lowest BCUT2D eigenvalue weighted by molar-refractivity contribution is -0.128. The van der Waals surface area contributed by atoms with Gasteiger partial charge in [-0.2, -0.15) is 0 Å². The molecule has 0 bridgehead atoms. The van der Waals surface area contributed by atoms with E-state index in [-0.39, 0.29) is 5.75 Å². The Labute approximate surface area is 119 Å². The van der Waals surface area contributed by atoms with Gasteiger partial charge in [-0.3, -0.25) is 9.78 Å². The van der Waals surface area contributed by atoms with Crippen LogP contribution in [0.2, 0.25) is 0 Å². The van der Waals surface area contributed by atoms with Crippen LogP contribution in [-0.2, 0) is 11.3 Å². The van der Waals surface area contributed by atoms with Crippen molar-refractivity contribution < 1.29 is 9.90 Å². The van der Waals surface area contributed by atoms with Gasteiger partial charge in [-0.25, -0.2) is 0 Å². The third kappa shape index (κ3) is 2.93. The number of aromatic nitrogens is 1. The smallest absolute Gasteiger partial charge is 0.223 e. The molecule has 1 amide bonds. The predicted molar refractivity (Wildman–Crippen MR) is 75.2 cm³/mol. The molecule has 0 radical (unpaired) electrons. The molecular formula is C15H21N3O2. The van der Waals surface area contributed by atoms with Crippen molar-refractivity contribution in [2.45, 2.75) is 38.8 Å². The van der Waals surface area contributed by atoms with Crippen LogP contribution in [0.15, 0.2) is 12.1 Å². The van der Waals surface area contributed by atoms with Gasteiger partial charge >= 0.3 is 0 Å². The van der Waals surface area contributed by atoms with Crippen LogP contribution in [0, 0.1) is 12.8 Å². The number of pyridine rings is 1. The van der Waals surface area contributed by atoms with E-state index in [4.69, 9.17) is 0 Å². The summed E-state index contributed by atoms with van der Waals surface area (Å²) in [7, 11) is 0. The number of likely N-dealkylation sites (tertiary alicyclic amines) is 1. The van der Waals surface area contributed by atoms with Gasteiger partial charge in [0, 0.05) is 37.8 Å². The summed E-state index contributed by atoms with van der Waals surface area (Å²) in [5.74, 6) is 0.913. The van der Waals surface area contributed by atoms with Gasteiger partial charge in [0.1, 0.15) is 5.75 Å². The molecule has 0 spiro atoms. The lowest BCUT2D eigenvalue weighted by Crippen LogP contribution is -2.29. The zero-order chi connectivity index (χ0) is 14.1. The molecule has 1 atom stereocenters. The minimum absolute atomic E-state index is 0.227. The zero-order valence-electron chi connectivity index (χ0n) is 11.8. The highest BCUT2D eigenvalue weighted by Crippen LogP contribution is 2.32. The summed E-state index contributed by atoms with van der Waals surface area (Å²) in [5, 5.41) is 13.0. The minimum atomic E-state index is 0.227. The molecule has 2 fully saturated rings. The van der Waals surface area contributed by atoms with E-state index in [9.17, 15) is 9.90 Å². The van der Waals surface area contributed by atoms with E-state index in [1.54, 1.807) is 12.1 Å². The molecule has 2 heterocycles. The number of rotatable bonds is 5. The molecule has 1 aliphatic carbocycles. The summed E-state index contributed by atoms with van der Waals surface area (Å²) >= 11 is 0. The Morgan fingerprint density at radius 1 is 1.45 bits per heavy atom. The summed E-state index contributed by atoms with van der Waals surface area (Å²) in [6.45, 7) is 4.13. The Bertz CT molecular complexity index is 514. The maximum absolute atomic E-state index is 11.8. The first-order chi connectivity index (χ1) is 9.63. The number of hydrogen-bond acceptors (Lipinski definition) is 4. The molecule has 1 aliphatic heterocycles. The van der Waals surface area contributed by atoms with Gasteiger partial charge in [0.2, 0.25) is 5.91 Å². The highest BCUT2D eigenvalue weighted by Gasteiger charge is 2.38. The largest absolute Gasteiger partial charge is 0.506 e. The Hall–Kier alpha value is -1.62. The van der Waals surface area contributed by atoms with E-state index in [0.717, 1.165) is 18.8 Å². The average molecular weight is 275 g/mol. The van der Waals surface area contributed by atoms with Gasteiger partial charge in [0.25, 0.3) is 0 Å². The van der Waals surface area contributed by atoms with Crippen LogP contribution < -0.4 is 5.32 Å². The van der Waals surface area contributed by atoms with Crippen LogP contribution in [0.3, 0.4) is 0 Å². The molecule has 2 N–H and O–H groups in total. The second kappa shape index (κ2) is 5.40. The van der Waals surface area contributed by atoms with Crippen LogP contribution in [0.5, 0.6) is 5.75 Å². The fourth-order valence-electron chi connectivity index (χ4n) is 2.81. The van der Waals surface area contributed by atoms with Crippen molar-refractivity contribution >= 4 is 5.91 Å². The van der Waals surface area contributed by atoms with Gasteiger partial charge in [0.15, 0.2) is 0 Å². The van der Waals surface area contributed by atoms with Crippen molar-refractivity contribution in [2.24, 2.45) is 5.92 Å². The molecular weight excluding hydrogens is 254 g/mol. The molecule has 1 saturated heterocycles. The fraction of sp³-hybridized carbons (Fsp3) is 0.600. The van der Waals surface area contributed by atoms with E-state index in [2.05, 4.69) is 10.3 Å². The number of aromatic hydroxyl groups is 1. The van der Waals surface area contributed by atoms with Gasteiger partial charge in [0.05, 0.1) is 5.69 Å². The first-order valence-corrected chi connectivity index (χ1v) is 7.29. The number of nitrogens with one attached hydrogen (secondary N) is 1. The molecule has 0 aromatic carbocycles. The van der Waals surface area contributed by atoms with Gasteiger partial charge in [-0.1, -0.05) is 0 Å². The number of nitrogens with zero attached hydrogens (tertiary/aromatic N) is 2. The summed E-state index contributed by atoms with van der Waals surface area (Å²) in [5.41, 5.74) is 1.57. The number of carbonyl (C=O) groups is 1. The van der Waals surface area contributed by atoms with Crippen LogP contribution in [0.1, 0.15) is 30.7 Å². The number of amides is 1. The summed E-state index contributed by atoms with van der Waals surface area (Å²) in [6.07, 6.45) is 3.00. The molecule has 20 heavy (non-hydrogen) atoms. The number of carbonyl (C=O) groups excluding carboxylic acids is 1. The molecule has 5 nitrogen and oxygen atoms in total. The molecule has 1 saturated carbocycles. The van der Waals surface area contributed by atoms with E-state index in [1.165, 1.54) is 12.8 Å². The molecule has 5 heteroatoms. The van der Waals surface area contributed by atoms with Gasteiger partial charge in [-0.15, -0.1) is 0 Å². The molecule has 108 valence electrons. The van der Waals surface area contributed by atoms with Crippen LogP contribution >= 0.6 is 0 Å². The van der Waals surface area contributed by atoms with Crippen molar-refractivity contribution in [1.82, 2.24) is 15.2 Å². The second-order valence-electron chi connectivity index (χ2n) is 5.90. The molecule has 2 aliphatic rings. The van der Waals surface area contributed by atoms with E-state index < -0.39 is 0 Å². The molecule has 1 aromatic heterocycles. The fourth-order valence-corrected chi connectivity index (χ4v) is 2.81. The summed E-state index contributed by atoms with van der Waals surface area (Å²) in [4.78, 5) is 18.2. The van der Waals surface area contributed by atoms with Crippen molar-refractivity contribution in [1.29, 1.82) is 0 Å². The Morgan fingerprint density at radius 3 is 3.00 bits per heavy atom. The lowest BCUT2D eigenvalue weighted by atomic mass is 10.1. The third-order valence-electron chi connectivity index (χ3n) is 4.04. The highest BCUT2D eigenvalue weighted by molar-refractivity contribution is 5.79. The highest BCUT2D eigenvalue weighted by atomic mass is 16.3. The number of hydrogen-bond donors (Lipinski definition) is 2. The van der Waals surface area contributed by atoms with E-state index >= 15 is 0 Å². The number of aryl methyl sites for hydroxylation is 1. The first kappa shape index (κ1) is 13.4. The van der Waals surface area contributed by atoms with Crippen LogP contribution in [-0.4, -0.2) is 40.0 Å². The topological polar surface area (TPSA) is 65.5 Å². The maximum atomic E-state index is 11.8. The van der Waals surface area contributed by atoms with Crippen molar-refractivity contribution in [2.75, 3.05) is 13.1 Å². The Morgan fingerprint density at radius 2 is 2.25 bits per heavy atom. The molecule has 1 unspecified atom stereocenters. The van der Waals surface area contributed by atoms with E-state index in [1.807, 2.05) is 11.8 Å². The Kier molecular flexibility index (Phi) is 3.61. The van der Waals surface area contributed by atoms with Crippen molar-refractivity contribution in [3.8, 4) is 5.75 Å². The lowest BCUT2D eigenvalue weighted by Gasteiger charge is -2.15. The van der Waals surface area contributed by atoms with Crippen LogP contribution in [0.4, 0.5) is 0 Å². The SMILES string of the molecule is Cc1ccc(O)c(CNCC2CC(=O)N(C3CC3)C2)n1. The summed E-state index contributed by atoms with van der Waals surface area (Å²) in [6, 6.07) is 3.99. The average Bonchev–Trinajstić information content (AvgIpc) is 3.18. The monoisotopic (exact) mass is 275 g/mol. The first-order valence-electron chi connectivity index (χ1n) is 7.29. The van der Waals surface area contributed by atoms with Crippen molar-refractivity contribution in [3.05, 3.63) is 23.5 Å². The van der Waals surface area contributed by atoms with Crippen molar-refractivity contribution in [3.63, 3.8) is 0 Å². The predicted octanol–water partition coefficient (Wildman–Crippen LogP) is 1.20. The van der Waals surface area contributed by atoms with Crippen LogP contribution in [0.25, 0.3) is 0 Å².